The van der Waals surface area contributed by atoms with Crippen molar-refractivity contribution in [2.45, 2.75) is 38.3 Å². The maximum Gasteiger partial charge on any atom is 0.239 e. The van der Waals surface area contributed by atoms with Crippen molar-refractivity contribution in [3.8, 4) is 0 Å². The Kier molecular flexibility index (Phi) is 4.47. The van der Waals surface area contributed by atoms with Gasteiger partial charge in [0, 0.05) is 37.7 Å². The van der Waals surface area contributed by atoms with Crippen molar-refractivity contribution in [3.63, 3.8) is 0 Å². The molecule has 2 aliphatic heterocycles. The number of nitrogens with zero attached hydrogens (tertiary/aromatic N) is 4. The smallest absolute Gasteiger partial charge is 0.239 e. The van der Waals surface area contributed by atoms with E-state index in [2.05, 4.69) is 21.4 Å². The molecular formula is C20H25N5O2. The van der Waals surface area contributed by atoms with E-state index in [4.69, 9.17) is 5.73 Å². The summed E-state index contributed by atoms with van der Waals surface area (Å²) >= 11 is 0. The number of likely N-dealkylation sites (tertiary alicyclic amines) is 1. The van der Waals surface area contributed by atoms with Gasteiger partial charge in [0.1, 0.15) is 12.4 Å². The number of para-hydroxylation sites is 1. The van der Waals surface area contributed by atoms with Crippen LogP contribution < -0.4 is 10.6 Å². The summed E-state index contributed by atoms with van der Waals surface area (Å²) in [5.74, 6) is 0.523. The van der Waals surface area contributed by atoms with Crippen LogP contribution in [-0.2, 0) is 28.1 Å². The van der Waals surface area contributed by atoms with Crippen molar-refractivity contribution in [3.05, 3.63) is 48.0 Å². The number of primary amides is 1. The second-order valence-corrected chi connectivity index (χ2v) is 7.45. The first-order valence-corrected chi connectivity index (χ1v) is 9.47. The molecule has 1 saturated heterocycles. The number of carbonyl (C=O) groups excluding carboxylic acids is 2. The monoisotopic (exact) mass is 367 g/mol. The molecule has 142 valence electrons. The number of benzene rings is 1. The van der Waals surface area contributed by atoms with Crippen LogP contribution in [0, 0.1) is 0 Å². The number of nitrogens with two attached hydrogens (primary N) is 1. The van der Waals surface area contributed by atoms with Crippen molar-refractivity contribution in [1.82, 2.24) is 14.5 Å². The Labute approximate surface area is 158 Å². The summed E-state index contributed by atoms with van der Waals surface area (Å²) in [5, 5.41) is 0. The molecule has 0 radical (unpaired) electrons. The van der Waals surface area contributed by atoms with Gasteiger partial charge in [0.25, 0.3) is 0 Å². The number of anilines is 1. The Balaban J connectivity index is 1.60. The highest BCUT2D eigenvalue weighted by atomic mass is 16.2. The van der Waals surface area contributed by atoms with Gasteiger partial charge in [-0.05, 0) is 24.5 Å². The first-order valence-electron chi connectivity index (χ1n) is 9.47. The molecule has 7 nitrogen and oxygen atoms in total. The molecule has 7 heteroatoms. The summed E-state index contributed by atoms with van der Waals surface area (Å²) < 4.78 is 2.18. The highest BCUT2D eigenvalue weighted by Crippen LogP contribution is 2.47. The normalized spacial score (nSPS) is 22.0. The zero-order valence-corrected chi connectivity index (χ0v) is 15.6. The zero-order chi connectivity index (χ0) is 19.0. The van der Waals surface area contributed by atoms with Gasteiger partial charge in [-0.3, -0.25) is 14.5 Å². The van der Waals surface area contributed by atoms with Gasteiger partial charge in [-0.15, -0.1) is 0 Å². The van der Waals surface area contributed by atoms with Gasteiger partial charge in [0.05, 0.1) is 12.0 Å². The molecule has 0 aliphatic carbocycles. The molecule has 1 unspecified atom stereocenters. The molecule has 1 aromatic carbocycles. The Bertz CT molecular complexity index is 877. The second kappa shape index (κ2) is 6.81. The molecule has 2 aromatic rings. The van der Waals surface area contributed by atoms with Gasteiger partial charge in [-0.25, -0.2) is 4.98 Å². The van der Waals surface area contributed by atoms with Crippen molar-refractivity contribution in [2.75, 3.05) is 24.5 Å². The standard InChI is InChI=1S/C20H25N5O2/c1-2-9-24-11-8-22-18(24)13-23-10-7-20(14-23)15-5-3-4-6-16(15)25(19(20)27)12-17(21)26/h3-6,8,11H,2,7,9-10,12-14H2,1H3,(H2,21,26). The predicted octanol–water partition coefficient (Wildman–Crippen LogP) is 1.27. The van der Waals surface area contributed by atoms with Crippen molar-refractivity contribution >= 4 is 17.5 Å². The van der Waals surface area contributed by atoms with Gasteiger partial charge in [-0.2, -0.15) is 0 Å². The fourth-order valence-electron chi connectivity index (χ4n) is 4.46. The molecule has 1 atom stereocenters. The van der Waals surface area contributed by atoms with E-state index in [1.165, 1.54) is 0 Å². The van der Waals surface area contributed by atoms with Crippen LogP contribution in [0.1, 0.15) is 31.2 Å². The van der Waals surface area contributed by atoms with Crippen LogP contribution in [0.25, 0.3) is 0 Å². The molecule has 2 N–H and O–H groups in total. The summed E-state index contributed by atoms with van der Waals surface area (Å²) in [5.41, 5.74) is 6.62. The molecule has 0 saturated carbocycles. The maximum absolute atomic E-state index is 13.3. The van der Waals surface area contributed by atoms with Crippen LogP contribution in [0.4, 0.5) is 5.69 Å². The molecular weight excluding hydrogens is 342 g/mol. The van der Waals surface area contributed by atoms with E-state index in [9.17, 15) is 9.59 Å². The van der Waals surface area contributed by atoms with Crippen molar-refractivity contribution in [1.29, 1.82) is 0 Å². The number of amides is 2. The van der Waals surface area contributed by atoms with Crippen LogP contribution in [0.5, 0.6) is 0 Å². The molecule has 3 heterocycles. The summed E-state index contributed by atoms with van der Waals surface area (Å²) in [4.78, 5) is 33.1. The molecule has 1 fully saturated rings. The molecule has 2 aliphatic rings. The van der Waals surface area contributed by atoms with Crippen LogP contribution in [0.2, 0.25) is 0 Å². The highest BCUT2D eigenvalue weighted by molar-refractivity contribution is 6.11. The number of carbonyl (C=O) groups is 2. The molecule has 2 amide bonds. The van der Waals surface area contributed by atoms with E-state index in [0.29, 0.717) is 6.54 Å². The van der Waals surface area contributed by atoms with Gasteiger partial charge in [0.2, 0.25) is 11.8 Å². The van der Waals surface area contributed by atoms with Crippen molar-refractivity contribution in [2.24, 2.45) is 5.73 Å². The lowest BCUT2D eigenvalue weighted by molar-refractivity contribution is -0.125. The zero-order valence-electron chi connectivity index (χ0n) is 15.6. The first-order chi connectivity index (χ1) is 13.0. The number of aryl methyl sites for hydroxylation is 1. The average Bonchev–Trinajstić information content (AvgIpc) is 3.32. The Morgan fingerprint density at radius 1 is 1.33 bits per heavy atom. The van der Waals surface area contributed by atoms with Crippen LogP contribution >= 0.6 is 0 Å². The summed E-state index contributed by atoms with van der Waals surface area (Å²) in [6.45, 7) is 5.21. The van der Waals surface area contributed by atoms with E-state index < -0.39 is 11.3 Å². The van der Waals surface area contributed by atoms with Crippen molar-refractivity contribution < 1.29 is 9.59 Å². The van der Waals surface area contributed by atoms with Gasteiger partial charge < -0.3 is 15.2 Å². The molecule has 1 aromatic heterocycles. The van der Waals surface area contributed by atoms with E-state index in [1.54, 1.807) is 4.90 Å². The number of aromatic nitrogens is 2. The topological polar surface area (TPSA) is 84.5 Å². The van der Waals surface area contributed by atoms with Gasteiger partial charge >= 0.3 is 0 Å². The van der Waals surface area contributed by atoms with Gasteiger partial charge in [-0.1, -0.05) is 25.1 Å². The summed E-state index contributed by atoms with van der Waals surface area (Å²) in [6.07, 6.45) is 5.64. The minimum absolute atomic E-state index is 0.0121. The third kappa shape index (κ3) is 2.92. The number of hydrogen-bond acceptors (Lipinski definition) is 4. The average molecular weight is 367 g/mol. The summed E-state index contributed by atoms with van der Waals surface area (Å²) in [7, 11) is 0. The number of hydrogen-bond donors (Lipinski definition) is 1. The number of rotatable bonds is 6. The van der Waals surface area contributed by atoms with E-state index >= 15 is 0 Å². The van der Waals surface area contributed by atoms with E-state index in [-0.39, 0.29) is 12.5 Å². The van der Waals surface area contributed by atoms with Crippen LogP contribution in [0.15, 0.2) is 36.7 Å². The fraction of sp³-hybridized carbons (Fsp3) is 0.450. The quantitative estimate of drug-likeness (QED) is 0.833. The lowest BCUT2D eigenvalue weighted by Gasteiger charge is -2.24. The molecule has 0 bridgehead atoms. The second-order valence-electron chi connectivity index (χ2n) is 7.45. The lowest BCUT2D eigenvalue weighted by Crippen LogP contribution is -2.45. The number of fused-ring (bicyclic) bond motifs is 2. The third-order valence-electron chi connectivity index (χ3n) is 5.66. The van der Waals surface area contributed by atoms with Gasteiger partial charge in [0.15, 0.2) is 0 Å². The third-order valence-corrected chi connectivity index (χ3v) is 5.66. The molecule has 4 rings (SSSR count). The highest BCUT2D eigenvalue weighted by Gasteiger charge is 2.54. The Morgan fingerprint density at radius 2 is 2.15 bits per heavy atom. The predicted molar refractivity (Wildman–Crippen MR) is 102 cm³/mol. The SMILES string of the molecule is CCCn1ccnc1CN1CCC2(C1)C(=O)N(CC(N)=O)c1ccccc12. The van der Waals surface area contributed by atoms with Crippen LogP contribution in [-0.4, -0.2) is 45.9 Å². The molecule has 1 spiro atoms. The minimum Gasteiger partial charge on any atom is -0.368 e. The number of imidazole rings is 1. The molecule has 27 heavy (non-hydrogen) atoms. The Morgan fingerprint density at radius 3 is 2.93 bits per heavy atom. The lowest BCUT2D eigenvalue weighted by atomic mass is 9.81. The van der Waals surface area contributed by atoms with E-state index in [0.717, 1.165) is 49.6 Å². The fourth-order valence-corrected chi connectivity index (χ4v) is 4.46. The largest absolute Gasteiger partial charge is 0.368 e. The van der Waals surface area contributed by atoms with E-state index in [1.807, 2.05) is 36.7 Å². The first kappa shape index (κ1) is 17.7. The minimum atomic E-state index is -0.589. The summed E-state index contributed by atoms with van der Waals surface area (Å²) in [6, 6.07) is 7.77. The maximum atomic E-state index is 13.3. The Hall–Kier alpha value is -2.67. The van der Waals surface area contributed by atoms with Crippen LogP contribution in [0.3, 0.4) is 0 Å².